The second-order valence-corrected chi connectivity index (χ2v) is 3.69. The number of aromatic amines is 1. The minimum Gasteiger partial charge on any atom is -0.356 e. The highest BCUT2D eigenvalue weighted by atomic mass is 35.5. The lowest BCUT2D eigenvalue weighted by Gasteiger charge is -1.94. The normalized spacial score (nSPS) is 11.0. The Balaban J connectivity index is 2.75. The molecule has 0 radical (unpaired) electrons. The van der Waals surface area contributed by atoms with Gasteiger partial charge in [0.05, 0.1) is 10.5 Å². The van der Waals surface area contributed by atoms with Gasteiger partial charge in [0.2, 0.25) is 0 Å². The average molecular weight is 215 g/mol. The van der Waals surface area contributed by atoms with E-state index in [1.807, 2.05) is 12.1 Å². The zero-order chi connectivity index (χ0) is 9.42. The van der Waals surface area contributed by atoms with Gasteiger partial charge in [0.25, 0.3) is 0 Å². The smallest absolute Gasteiger partial charge is 0.0661 e. The van der Waals surface area contributed by atoms with Crippen LogP contribution in [0.5, 0.6) is 0 Å². The van der Waals surface area contributed by atoms with Crippen molar-refractivity contribution in [3.63, 3.8) is 0 Å². The lowest BCUT2D eigenvalue weighted by molar-refractivity contribution is 1.02. The van der Waals surface area contributed by atoms with Crippen LogP contribution in [0.4, 0.5) is 0 Å². The van der Waals surface area contributed by atoms with Gasteiger partial charge in [0.15, 0.2) is 0 Å². The van der Waals surface area contributed by atoms with E-state index in [4.69, 9.17) is 28.9 Å². The highest BCUT2D eigenvalue weighted by Crippen LogP contribution is 2.27. The molecule has 0 saturated carbocycles. The third kappa shape index (κ3) is 1.53. The quantitative estimate of drug-likeness (QED) is 0.754. The van der Waals surface area contributed by atoms with Crippen LogP contribution < -0.4 is 5.73 Å². The largest absolute Gasteiger partial charge is 0.356 e. The van der Waals surface area contributed by atoms with E-state index >= 15 is 0 Å². The highest BCUT2D eigenvalue weighted by molar-refractivity contribution is 6.38. The summed E-state index contributed by atoms with van der Waals surface area (Å²) in [6, 6.07) is 5.52. The molecule has 0 unspecified atom stereocenters. The van der Waals surface area contributed by atoms with E-state index < -0.39 is 0 Å². The first-order valence-electron chi connectivity index (χ1n) is 3.87. The molecule has 13 heavy (non-hydrogen) atoms. The van der Waals surface area contributed by atoms with Crippen LogP contribution in [0.15, 0.2) is 18.2 Å². The molecule has 0 aliphatic carbocycles. The summed E-state index contributed by atoms with van der Waals surface area (Å²) in [5.41, 5.74) is 7.35. The van der Waals surface area contributed by atoms with Gasteiger partial charge in [-0.05, 0) is 18.2 Å². The van der Waals surface area contributed by atoms with Gasteiger partial charge in [-0.15, -0.1) is 0 Å². The molecule has 2 rings (SSSR count). The Labute approximate surface area is 85.6 Å². The molecule has 68 valence electrons. The molecule has 2 aromatic rings. The van der Waals surface area contributed by atoms with Gasteiger partial charge in [-0.2, -0.15) is 0 Å². The zero-order valence-corrected chi connectivity index (χ0v) is 8.28. The SMILES string of the molecule is NCc1cc2cc(Cl)cc(Cl)c2[nH]1. The van der Waals surface area contributed by atoms with Gasteiger partial charge >= 0.3 is 0 Å². The fourth-order valence-corrected chi connectivity index (χ4v) is 1.89. The molecule has 0 aliphatic heterocycles. The van der Waals surface area contributed by atoms with E-state index in [2.05, 4.69) is 4.98 Å². The van der Waals surface area contributed by atoms with Gasteiger partial charge in [0.1, 0.15) is 0 Å². The van der Waals surface area contributed by atoms with E-state index in [9.17, 15) is 0 Å². The number of H-pyrrole nitrogens is 1. The Morgan fingerprint density at radius 2 is 2.00 bits per heavy atom. The van der Waals surface area contributed by atoms with Crippen LogP contribution in [0.3, 0.4) is 0 Å². The van der Waals surface area contributed by atoms with Crippen LogP contribution in [-0.2, 0) is 6.54 Å². The molecule has 0 atom stereocenters. The lowest BCUT2D eigenvalue weighted by atomic mass is 10.2. The predicted molar refractivity (Wildman–Crippen MR) is 56.2 cm³/mol. The number of aromatic nitrogens is 1. The summed E-state index contributed by atoms with van der Waals surface area (Å²) in [5.74, 6) is 0. The van der Waals surface area contributed by atoms with E-state index in [-0.39, 0.29) is 0 Å². The summed E-state index contributed by atoms with van der Waals surface area (Å²) in [4.78, 5) is 3.13. The lowest BCUT2D eigenvalue weighted by Crippen LogP contribution is -1.95. The number of halogens is 2. The first kappa shape index (κ1) is 8.88. The Kier molecular flexibility index (Phi) is 2.20. The van der Waals surface area contributed by atoms with Crippen molar-refractivity contribution < 1.29 is 0 Å². The standard InChI is InChI=1S/C9H8Cl2N2/c10-6-1-5-2-7(4-12)13-9(5)8(11)3-6/h1-3,13H,4,12H2. The van der Waals surface area contributed by atoms with Crippen LogP contribution >= 0.6 is 23.2 Å². The van der Waals surface area contributed by atoms with Crippen molar-refractivity contribution in [2.45, 2.75) is 6.54 Å². The van der Waals surface area contributed by atoms with E-state index in [0.717, 1.165) is 16.6 Å². The van der Waals surface area contributed by atoms with Crippen molar-refractivity contribution >= 4 is 34.1 Å². The molecular formula is C9H8Cl2N2. The molecule has 4 heteroatoms. The molecule has 0 spiro atoms. The minimum absolute atomic E-state index is 0.475. The fourth-order valence-electron chi connectivity index (χ4n) is 1.33. The fraction of sp³-hybridized carbons (Fsp3) is 0.111. The first-order valence-corrected chi connectivity index (χ1v) is 4.63. The summed E-state index contributed by atoms with van der Waals surface area (Å²) in [7, 11) is 0. The highest BCUT2D eigenvalue weighted by Gasteiger charge is 2.04. The molecule has 0 saturated heterocycles. The Morgan fingerprint density at radius 1 is 1.23 bits per heavy atom. The summed E-state index contributed by atoms with van der Waals surface area (Å²) >= 11 is 11.8. The molecule has 0 fully saturated rings. The van der Waals surface area contributed by atoms with Crippen LogP contribution in [0.25, 0.3) is 10.9 Å². The average Bonchev–Trinajstić information content (AvgIpc) is 2.47. The number of nitrogens with one attached hydrogen (secondary N) is 1. The van der Waals surface area contributed by atoms with Crippen molar-refractivity contribution in [1.29, 1.82) is 0 Å². The summed E-state index contributed by atoms with van der Waals surface area (Å²) in [6.45, 7) is 0.475. The van der Waals surface area contributed by atoms with Crippen molar-refractivity contribution in [1.82, 2.24) is 4.98 Å². The van der Waals surface area contributed by atoms with Gasteiger partial charge in [-0.25, -0.2) is 0 Å². The van der Waals surface area contributed by atoms with E-state index in [1.165, 1.54) is 0 Å². The van der Waals surface area contributed by atoms with Gasteiger partial charge in [-0.1, -0.05) is 23.2 Å². The maximum atomic E-state index is 5.98. The summed E-state index contributed by atoms with van der Waals surface area (Å²) < 4.78 is 0. The molecule has 0 aliphatic rings. The molecule has 0 bridgehead atoms. The maximum absolute atomic E-state index is 5.98. The number of rotatable bonds is 1. The third-order valence-corrected chi connectivity index (χ3v) is 2.44. The Bertz CT molecular complexity index is 448. The van der Waals surface area contributed by atoms with Gasteiger partial charge in [0, 0.05) is 22.6 Å². The second-order valence-electron chi connectivity index (χ2n) is 2.85. The molecule has 1 heterocycles. The second kappa shape index (κ2) is 3.22. The van der Waals surface area contributed by atoms with Crippen molar-refractivity contribution in [2.75, 3.05) is 0 Å². The van der Waals surface area contributed by atoms with Crippen molar-refractivity contribution in [3.8, 4) is 0 Å². The maximum Gasteiger partial charge on any atom is 0.0661 e. The molecule has 1 aromatic carbocycles. The monoisotopic (exact) mass is 214 g/mol. The molecule has 1 aromatic heterocycles. The number of nitrogens with two attached hydrogens (primary N) is 1. The van der Waals surface area contributed by atoms with Crippen LogP contribution in [0.2, 0.25) is 10.0 Å². The minimum atomic E-state index is 0.475. The number of fused-ring (bicyclic) bond motifs is 1. The summed E-state index contributed by atoms with van der Waals surface area (Å²) in [5, 5.41) is 2.26. The zero-order valence-electron chi connectivity index (χ0n) is 6.77. The van der Waals surface area contributed by atoms with Crippen molar-refractivity contribution in [2.24, 2.45) is 5.73 Å². The number of benzene rings is 1. The van der Waals surface area contributed by atoms with E-state index in [1.54, 1.807) is 6.07 Å². The van der Waals surface area contributed by atoms with Gasteiger partial charge < -0.3 is 10.7 Å². The van der Waals surface area contributed by atoms with E-state index in [0.29, 0.717) is 16.6 Å². The van der Waals surface area contributed by atoms with Crippen LogP contribution in [-0.4, -0.2) is 4.98 Å². The predicted octanol–water partition coefficient (Wildman–Crippen LogP) is 2.93. The molecular weight excluding hydrogens is 207 g/mol. The Morgan fingerprint density at radius 3 is 2.69 bits per heavy atom. The molecule has 0 amide bonds. The third-order valence-electron chi connectivity index (χ3n) is 1.92. The number of hydrogen-bond donors (Lipinski definition) is 2. The van der Waals surface area contributed by atoms with Crippen LogP contribution in [0.1, 0.15) is 5.69 Å². The number of hydrogen-bond acceptors (Lipinski definition) is 1. The summed E-state index contributed by atoms with van der Waals surface area (Å²) in [6.07, 6.45) is 0. The Hall–Kier alpha value is -0.700. The first-order chi connectivity index (χ1) is 6.20. The molecule has 2 nitrogen and oxygen atoms in total. The van der Waals surface area contributed by atoms with Gasteiger partial charge in [-0.3, -0.25) is 0 Å². The molecule has 3 N–H and O–H groups in total. The van der Waals surface area contributed by atoms with Crippen molar-refractivity contribution in [3.05, 3.63) is 33.9 Å². The van der Waals surface area contributed by atoms with Crippen LogP contribution in [0, 0.1) is 0 Å². The topological polar surface area (TPSA) is 41.8 Å².